The lowest BCUT2D eigenvalue weighted by molar-refractivity contribution is -0.120. The van der Waals surface area contributed by atoms with E-state index in [1.54, 1.807) is 17.4 Å². The Morgan fingerprint density at radius 2 is 2.07 bits per heavy atom. The molecule has 2 N–H and O–H groups in total. The molecule has 0 unspecified atom stereocenters. The summed E-state index contributed by atoms with van der Waals surface area (Å²) < 4.78 is 0. The number of piperazine rings is 2. The SMILES string of the molecule is Cc1nc(CN2CCN(C(=O)Nc3ccc(N4CCNC(=O)C4)c(Cl)c3)CC2)cs1. The minimum Gasteiger partial charge on any atom is -0.359 e. The number of nitrogens with one attached hydrogen (secondary N) is 2. The van der Waals surface area contributed by atoms with Crippen LogP contribution in [0.15, 0.2) is 23.6 Å². The van der Waals surface area contributed by atoms with Crippen LogP contribution in [0.25, 0.3) is 0 Å². The standard InChI is InChI=1S/C20H25ClN6O2S/c1-14-23-16(13-30-14)11-25-6-8-26(9-7-25)20(29)24-15-2-3-18(17(21)10-15)27-5-4-22-19(28)12-27/h2-3,10,13H,4-9,11-12H2,1H3,(H,22,28)(H,24,29). The first-order valence-corrected chi connectivity index (χ1v) is 11.2. The number of hydrogen-bond acceptors (Lipinski definition) is 6. The number of carbonyl (C=O) groups is 2. The Morgan fingerprint density at radius 3 is 2.73 bits per heavy atom. The van der Waals surface area contributed by atoms with E-state index >= 15 is 0 Å². The van der Waals surface area contributed by atoms with Gasteiger partial charge in [0.05, 0.1) is 28.0 Å². The normalized spacial score (nSPS) is 17.7. The lowest BCUT2D eigenvalue weighted by Crippen LogP contribution is -2.49. The number of thiazole rings is 1. The van der Waals surface area contributed by atoms with E-state index in [1.165, 1.54) is 0 Å². The summed E-state index contributed by atoms with van der Waals surface area (Å²) in [6.45, 7) is 7.42. The van der Waals surface area contributed by atoms with E-state index in [0.717, 1.165) is 36.0 Å². The maximum atomic E-state index is 12.7. The highest BCUT2D eigenvalue weighted by molar-refractivity contribution is 7.09. The summed E-state index contributed by atoms with van der Waals surface area (Å²) >= 11 is 8.09. The number of aryl methyl sites for hydroxylation is 1. The molecule has 1 aromatic carbocycles. The van der Waals surface area contributed by atoms with E-state index < -0.39 is 0 Å². The van der Waals surface area contributed by atoms with Gasteiger partial charge < -0.3 is 20.4 Å². The third-order valence-corrected chi connectivity index (χ3v) is 6.41. The Labute approximate surface area is 184 Å². The molecule has 1 aromatic heterocycles. The van der Waals surface area contributed by atoms with Crippen molar-refractivity contribution in [3.63, 3.8) is 0 Å². The van der Waals surface area contributed by atoms with Crippen molar-refractivity contribution in [3.05, 3.63) is 39.3 Å². The molecule has 0 radical (unpaired) electrons. The number of urea groups is 1. The number of aromatic nitrogens is 1. The molecule has 2 fully saturated rings. The second-order valence-corrected chi connectivity index (χ2v) is 8.96. The molecule has 2 aliphatic rings. The van der Waals surface area contributed by atoms with Gasteiger partial charge in [-0.2, -0.15) is 0 Å². The molecule has 3 amide bonds. The Morgan fingerprint density at radius 1 is 1.27 bits per heavy atom. The van der Waals surface area contributed by atoms with Crippen LogP contribution in [0.3, 0.4) is 0 Å². The molecule has 0 saturated carbocycles. The van der Waals surface area contributed by atoms with E-state index in [2.05, 4.69) is 25.9 Å². The van der Waals surface area contributed by atoms with Crippen LogP contribution >= 0.6 is 22.9 Å². The molecule has 0 aliphatic carbocycles. The van der Waals surface area contributed by atoms with Gasteiger partial charge in [-0.05, 0) is 25.1 Å². The van der Waals surface area contributed by atoms with Gasteiger partial charge in [0.2, 0.25) is 5.91 Å². The van der Waals surface area contributed by atoms with Crippen molar-refractivity contribution in [1.29, 1.82) is 0 Å². The van der Waals surface area contributed by atoms with Gasteiger partial charge in [0, 0.05) is 56.9 Å². The first-order chi connectivity index (χ1) is 14.5. The van der Waals surface area contributed by atoms with Crippen molar-refractivity contribution >= 4 is 46.3 Å². The number of rotatable bonds is 4. The molecule has 160 valence electrons. The Kier molecular flexibility index (Phi) is 6.40. The minimum absolute atomic E-state index is 0.0150. The number of amides is 3. The lowest BCUT2D eigenvalue weighted by Gasteiger charge is -2.34. The number of anilines is 2. The smallest absolute Gasteiger partial charge is 0.321 e. The van der Waals surface area contributed by atoms with Crippen LogP contribution in [0, 0.1) is 6.92 Å². The van der Waals surface area contributed by atoms with Crippen molar-refractivity contribution in [2.75, 3.05) is 56.0 Å². The fraction of sp³-hybridized carbons (Fsp3) is 0.450. The van der Waals surface area contributed by atoms with Crippen LogP contribution in [0.4, 0.5) is 16.2 Å². The summed E-state index contributed by atoms with van der Waals surface area (Å²) in [7, 11) is 0. The van der Waals surface area contributed by atoms with Crippen LogP contribution in [-0.2, 0) is 11.3 Å². The Bertz CT molecular complexity index is 928. The number of halogens is 1. The van der Waals surface area contributed by atoms with Crippen molar-refractivity contribution in [2.45, 2.75) is 13.5 Å². The lowest BCUT2D eigenvalue weighted by atomic mass is 10.2. The summed E-state index contributed by atoms with van der Waals surface area (Å²) in [6, 6.07) is 5.29. The second kappa shape index (κ2) is 9.20. The van der Waals surface area contributed by atoms with E-state index in [4.69, 9.17) is 11.6 Å². The molecule has 0 spiro atoms. The second-order valence-electron chi connectivity index (χ2n) is 7.49. The third kappa shape index (κ3) is 5.03. The first-order valence-electron chi connectivity index (χ1n) is 9.98. The van der Waals surface area contributed by atoms with Crippen LogP contribution < -0.4 is 15.5 Å². The predicted octanol–water partition coefficient (Wildman–Crippen LogP) is 2.39. The zero-order chi connectivity index (χ0) is 21.1. The molecule has 2 aliphatic heterocycles. The molecule has 2 aromatic rings. The van der Waals surface area contributed by atoms with Gasteiger partial charge in [-0.3, -0.25) is 9.69 Å². The van der Waals surface area contributed by atoms with Crippen molar-refractivity contribution < 1.29 is 9.59 Å². The molecular weight excluding hydrogens is 424 g/mol. The van der Waals surface area contributed by atoms with Crippen LogP contribution in [0.5, 0.6) is 0 Å². The van der Waals surface area contributed by atoms with Crippen molar-refractivity contribution in [2.24, 2.45) is 0 Å². The first kappa shape index (κ1) is 20.9. The largest absolute Gasteiger partial charge is 0.359 e. The zero-order valence-corrected chi connectivity index (χ0v) is 18.4. The van der Waals surface area contributed by atoms with Crippen LogP contribution in [0.1, 0.15) is 10.7 Å². The molecule has 8 nitrogen and oxygen atoms in total. The zero-order valence-electron chi connectivity index (χ0n) is 16.9. The third-order valence-electron chi connectivity index (χ3n) is 5.29. The van der Waals surface area contributed by atoms with E-state index in [0.29, 0.717) is 36.9 Å². The van der Waals surface area contributed by atoms with Crippen molar-refractivity contribution in [1.82, 2.24) is 20.1 Å². The molecule has 3 heterocycles. The fourth-order valence-corrected chi connectivity index (χ4v) is 4.61. The maximum Gasteiger partial charge on any atom is 0.321 e. The van der Waals surface area contributed by atoms with Gasteiger partial charge in [-0.25, -0.2) is 9.78 Å². The topological polar surface area (TPSA) is 80.8 Å². The van der Waals surface area contributed by atoms with E-state index in [1.807, 2.05) is 28.9 Å². The van der Waals surface area contributed by atoms with Gasteiger partial charge in [0.25, 0.3) is 0 Å². The average molecular weight is 449 g/mol. The summed E-state index contributed by atoms with van der Waals surface area (Å²) in [5.74, 6) is -0.0150. The van der Waals surface area contributed by atoms with Gasteiger partial charge in [0.1, 0.15) is 0 Å². The number of benzene rings is 1. The monoisotopic (exact) mass is 448 g/mol. The molecule has 0 atom stereocenters. The minimum atomic E-state index is -0.125. The van der Waals surface area contributed by atoms with E-state index in [-0.39, 0.29) is 18.5 Å². The van der Waals surface area contributed by atoms with Crippen LogP contribution in [-0.4, -0.2) is 72.5 Å². The van der Waals surface area contributed by atoms with Gasteiger partial charge >= 0.3 is 6.03 Å². The fourth-order valence-electron chi connectivity index (χ4n) is 3.71. The summed E-state index contributed by atoms with van der Waals surface area (Å²) in [5.41, 5.74) is 2.54. The predicted molar refractivity (Wildman–Crippen MR) is 119 cm³/mol. The number of carbonyl (C=O) groups excluding carboxylic acids is 2. The summed E-state index contributed by atoms with van der Waals surface area (Å²) in [5, 5.41) is 9.43. The molecule has 2 saturated heterocycles. The highest BCUT2D eigenvalue weighted by Gasteiger charge is 2.23. The molecule has 10 heteroatoms. The van der Waals surface area contributed by atoms with Gasteiger partial charge in [-0.15, -0.1) is 11.3 Å². The quantitative estimate of drug-likeness (QED) is 0.750. The number of nitrogens with zero attached hydrogens (tertiary/aromatic N) is 4. The van der Waals surface area contributed by atoms with E-state index in [9.17, 15) is 9.59 Å². The highest BCUT2D eigenvalue weighted by Crippen LogP contribution is 2.29. The summed E-state index contributed by atoms with van der Waals surface area (Å²) in [6.07, 6.45) is 0. The van der Waals surface area contributed by atoms with Gasteiger partial charge in [0.15, 0.2) is 0 Å². The summed E-state index contributed by atoms with van der Waals surface area (Å²) in [4.78, 5) is 34.9. The Balaban J connectivity index is 1.30. The Hall–Kier alpha value is -2.36. The number of hydrogen-bond donors (Lipinski definition) is 2. The average Bonchev–Trinajstić information content (AvgIpc) is 3.13. The highest BCUT2D eigenvalue weighted by atomic mass is 35.5. The molecular formula is C20H25ClN6O2S. The maximum absolute atomic E-state index is 12.7. The molecule has 4 rings (SSSR count). The van der Waals surface area contributed by atoms with Crippen LogP contribution in [0.2, 0.25) is 5.02 Å². The van der Waals surface area contributed by atoms with Gasteiger partial charge in [-0.1, -0.05) is 11.6 Å². The molecule has 30 heavy (non-hydrogen) atoms. The molecule has 0 bridgehead atoms. The van der Waals surface area contributed by atoms with Crippen molar-refractivity contribution in [3.8, 4) is 0 Å².